The summed E-state index contributed by atoms with van der Waals surface area (Å²) >= 11 is 0. The second kappa shape index (κ2) is 5.28. The van der Waals surface area contributed by atoms with Crippen LogP contribution in [0.2, 0.25) is 0 Å². The van der Waals surface area contributed by atoms with Crippen LogP contribution in [0.4, 0.5) is 4.39 Å². The Morgan fingerprint density at radius 2 is 1.95 bits per heavy atom. The Morgan fingerprint density at radius 3 is 2.55 bits per heavy atom. The molecule has 0 saturated carbocycles. The molecule has 0 bridgehead atoms. The van der Waals surface area contributed by atoms with Crippen LogP contribution in [0.3, 0.4) is 0 Å². The molecule has 0 spiro atoms. The largest absolute Gasteiger partial charge is 0.320 e. The highest BCUT2D eigenvalue weighted by molar-refractivity contribution is 5.35. The lowest BCUT2D eigenvalue weighted by Gasteiger charge is -2.09. The molecule has 0 fully saturated rings. The molecule has 0 unspecified atom stereocenters. The van der Waals surface area contributed by atoms with Crippen LogP contribution in [-0.2, 0) is 6.54 Å². The van der Waals surface area contributed by atoms with Crippen molar-refractivity contribution in [3.05, 3.63) is 74.8 Å². The van der Waals surface area contributed by atoms with Gasteiger partial charge in [0.05, 0.1) is 5.69 Å². The summed E-state index contributed by atoms with van der Waals surface area (Å²) in [5.41, 5.74) is 0.217. The van der Waals surface area contributed by atoms with Gasteiger partial charge in [0.15, 0.2) is 0 Å². The fourth-order valence-corrected chi connectivity index (χ4v) is 1.86. The molecule has 0 saturated heterocycles. The van der Waals surface area contributed by atoms with Gasteiger partial charge in [0.2, 0.25) is 0 Å². The lowest BCUT2D eigenvalue weighted by Crippen LogP contribution is -2.40. The molecule has 1 aromatic carbocycles. The van der Waals surface area contributed by atoms with E-state index in [0.29, 0.717) is 11.3 Å². The number of aryl methyl sites for hydroxylation is 1. The van der Waals surface area contributed by atoms with Crippen molar-refractivity contribution in [2.75, 3.05) is 0 Å². The first-order valence-corrected chi connectivity index (χ1v) is 6.13. The number of hydrogen-bond acceptors (Lipinski definition) is 2. The lowest BCUT2D eigenvalue weighted by atomic mass is 10.2. The Labute approximate surface area is 115 Å². The topological polar surface area (TPSA) is 44.0 Å². The minimum Gasteiger partial charge on any atom is -0.305 e. The van der Waals surface area contributed by atoms with Gasteiger partial charge in [-0.15, -0.1) is 0 Å². The molecule has 2 rings (SSSR count). The van der Waals surface area contributed by atoms with Crippen LogP contribution in [0.25, 0.3) is 5.69 Å². The third-order valence-electron chi connectivity index (χ3n) is 2.93. The molecule has 0 aliphatic rings. The number of allylic oxidation sites excluding steroid dienone is 1. The zero-order valence-corrected chi connectivity index (χ0v) is 11.4. The van der Waals surface area contributed by atoms with E-state index in [0.717, 1.165) is 10.1 Å². The van der Waals surface area contributed by atoms with Gasteiger partial charge >= 0.3 is 11.1 Å². The van der Waals surface area contributed by atoms with Crippen molar-refractivity contribution in [3.63, 3.8) is 0 Å². The van der Waals surface area contributed by atoms with Gasteiger partial charge in [-0.1, -0.05) is 18.2 Å². The van der Waals surface area contributed by atoms with E-state index < -0.39 is 16.9 Å². The molecular formula is C15H15FN2O2. The summed E-state index contributed by atoms with van der Waals surface area (Å²) in [6.45, 7) is 7.40. The van der Waals surface area contributed by atoms with Crippen molar-refractivity contribution >= 4 is 0 Å². The molecule has 0 radical (unpaired) electrons. The number of halogens is 1. The highest BCUT2D eigenvalue weighted by Crippen LogP contribution is 2.11. The summed E-state index contributed by atoms with van der Waals surface area (Å²) < 4.78 is 16.0. The Bertz CT molecular complexity index is 787. The van der Waals surface area contributed by atoms with E-state index in [9.17, 15) is 14.0 Å². The molecule has 0 aliphatic heterocycles. The molecule has 0 amide bonds. The average molecular weight is 274 g/mol. The van der Waals surface area contributed by atoms with Crippen LogP contribution in [-0.4, -0.2) is 9.13 Å². The van der Waals surface area contributed by atoms with Crippen LogP contribution in [0, 0.1) is 12.7 Å². The van der Waals surface area contributed by atoms with Gasteiger partial charge in [-0.05, 0) is 31.5 Å². The molecule has 20 heavy (non-hydrogen) atoms. The van der Waals surface area contributed by atoms with E-state index >= 15 is 0 Å². The summed E-state index contributed by atoms with van der Waals surface area (Å²) in [5.74, 6) is -0.416. The average Bonchev–Trinajstić information content (AvgIpc) is 2.38. The predicted molar refractivity (Wildman–Crippen MR) is 75.8 cm³/mol. The quantitative estimate of drug-likeness (QED) is 0.635. The van der Waals surface area contributed by atoms with E-state index in [-0.39, 0.29) is 6.54 Å². The minimum atomic E-state index is -0.711. The first kappa shape index (κ1) is 14.0. The zero-order valence-electron chi connectivity index (χ0n) is 11.4. The zero-order chi connectivity index (χ0) is 14.9. The Morgan fingerprint density at radius 1 is 1.25 bits per heavy atom. The Balaban J connectivity index is 2.57. The maximum atomic E-state index is 13.5. The summed E-state index contributed by atoms with van der Waals surface area (Å²) in [7, 11) is 0. The summed E-state index contributed by atoms with van der Waals surface area (Å²) in [4.78, 5) is 24.0. The molecule has 0 N–H and O–H groups in total. The van der Waals surface area contributed by atoms with Gasteiger partial charge in [-0.3, -0.25) is 14.2 Å². The number of rotatable bonds is 3. The van der Waals surface area contributed by atoms with E-state index in [4.69, 9.17) is 0 Å². The van der Waals surface area contributed by atoms with Crippen LogP contribution in [0.5, 0.6) is 0 Å². The lowest BCUT2D eigenvalue weighted by molar-refractivity contribution is 0.616. The maximum absolute atomic E-state index is 13.5. The van der Waals surface area contributed by atoms with E-state index in [1.165, 1.54) is 23.0 Å². The van der Waals surface area contributed by atoms with Crippen molar-refractivity contribution in [2.45, 2.75) is 20.4 Å². The molecule has 0 atom stereocenters. The second-order valence-corrected chi connectivity index (χ2v) is 4.80. The van der Waals surface area contributed by atoms with Crippen molar-refractivity contribution in [2.24, 2.45) is 0 Å². The highest BCUT2D eigenvalue weighted by Gasteiger charge is 2.08. The number of aromatic nitrogens is 2. The first-order valence-electron chi connectivity index (χ1n) is 6.13. The van der Waals surface area contributed by atoms with Crippen LogP contribution < -0.4 is 11.1 Å². The van der Waals surface area contributed by atoms with Gasteiger partial charge in [-0.2, -0.15) is 0 Å². The summed E-state index contributed by atoms with van der Waals surface area (Å²) in [6, 6.07) is 4.40. The maximum Gasteiger partial charge on any atom is 0.320 e. The van der Waals surface area contributed by atoms with E-state index in [2.05, 4.69) is 6.58 Å². The Hall–Kier alpha value is -2.43. The molecule has 2 aromatic rings. The van der Waals surface area contributed by atoms with Crippen molar-refractivity contribution in [1.29, 1.82) is 0 Å². The number of nitrogens with zero attached hydrogens (tertiary/aromatic N) is 2. The number of benzene rings is 1. The molecule has 0 aliphatic carbocycles. The van der Waals surface area contributed by atoms with Crippen molar-refractivity contribution in [1.82, 2.24) is 9.13 Å². The smallest absolute Gasteiger partial charge is 0.305 e. The molecule has 104 valence electrons. The van der Waals surface area contributed by atoms with Gasteiger partial charge < -0.3 is 4.57 Å². The van der Waals surface area contributed by atoms with Gasteiger partial charge in [0.1, 0.15) is 5.82 Å². The Kier molecular flexibility index (Phi) is 3.70. The van der Waals surface area contributed by atoms with Crippen LogP contribution in [0.15, 0.2) is 52.3 Å². The molecule has 1 aromatic heterocycles. The van der Waals surface area contributed by atoms with Crippen molar-refractivity contribution in [3.8, 4) is 5.69 Å². The molecule has 1 heterocycles. The monoisotopic (exact) mass is 274 g/mol. The normalized spacial score (nSPS) is 10.6. The summed E-state index contributed by atoms with van der Waals surface area (Å²) in [5, 5.41) is 0. The molecule has 5 heteroatoms. The molecular weight excluding hydrogens is 259 g/mol. The van der Waals surface area contributed by atoms with E-state index in [1.807, 2.05) is 0 Å². The van der Waals surface area contributed by atoms with Gasteiger partial charge in [0, 0.05) is 18.9 Å². The van der Waals surface area contributed by atoms with Crippen LogP contribution >= 0.6 is 0 Å². The third kappa shape index (κ3) is 2.61. The minimum absolute atomic E-state index is 0.289. The molecule has 4 nitrogen and oxygen atoms in total. The fraction of sp³-hybridized carbons (Fsp3) is 0.200. The predicted octanol–water partition coefficient (Wildman–Crippen LogP) is 2.02. The fourth-order valence-electron chi connectivity index (χ4n) is 1.86. The van der Waals surface area contributed by atoms with Crippen LogP contribution in [0.1, 0.15) is 12.5 Å². The van der Waals surface area contributed by atoms with E-state index in [1.54, 1.807) is 26.0 Å². The standard InChI is InChI=1S/C15H15FN2O2/c1-10(2)9-17-6-7-18(15(20)14(17)19)12-5-4-11(3)13(16)8-12/h4-8H,1,9H2,2-3H3. The van der Waals surface area contributed by atoms with Crippen molar-refractivity contribution < 1.29 is 4.39 Å². The van der Waals surface area contributed by atoms with Gasteiger partial charge in [-0.25, -0.2) is 4.39 Å². The number of hydrogen-bond donors (Lipinski definition) is 0. The highest BCUT2D eigenvalue weighted by atomic mass is 19.1. The third-order valence-corrected chi connectivity index (χ3v) is 2.93. The second-order valence-electron chi connectivity index (χ2n) is 4.80. The van der Waals surface area contributed by atoms with Gasteiger partial charge in [0.25, 0.3) is 0 Å². The first-order chi connectivity index (χ1) is 9.40. The summed E-state index contributed by atoms with van der Waals surface area (Å²) in [6.07, 6.45) is 2.95. The SMILES string of the molecule is C=C(C)Cn1ccn(-c2ccc(C)c(F)c2)c(=O)c1=O.